The van der Waals surface area contributed by atoms with E-state index < -0.39 is 5.41 Å². The smallest absolute Gasteiger partial charge is 0.251 e. The molecule has 0 aliphatic carbocycles. The van der Waals surface area contributed by atoms with E-state index in [2.05, 4.69) is 6.92 Å². The van der Waals surface area contributed by atoms with E-state index in [-0.39, 0.29) is 5.91 Å². The molecule has 1 N–H and O–H groups in total. The first-order chi connectivity index (χ1) is 13.9. The predicted molar refractivity (Wildman–Crippen MR) is 116 cm³/mol. The average molecular weight is 412 g/mol. The molecule has 170 valence electrons. The molecule has 2 bridgehead atoms. The number of amides is 1. The summed E-state index contributed by atoms with van der Waals surface area (Å²) in [5, 5.41) is 10.1. The maximum atomic E-state index is 12.0. The molecular weight excluding hydrogens is 366 g/mol. The fourth-order valence-electron chi connectivity index (χ4n) is 5.29. The summed E-state index contributed by atoms with van der Waals surface area (Å²) in [4.78, 5) is 12.0. The lowest BCUT2D eigenvalue weighted by atomic mass is 9.75. The third-order valence-electron chi connectivity index (χ3n) is 7.04. The van der Waals surface area contributed by atoms with Crippen LogP contribution in [0.5, 0.6) is 0 Å². The normalized spacial score (nSPS) is 26.2. The second-order valence-electron chi connectivity index (χ2n) is 9.89. The standard InChI is InChI=1S/C24H45NO4/c1-5-6-7-11-17-28-18-15-20-19(21-13-14-22(20)29-21)12-9-8-10-16-24(2,3)23(26)25(4)27/h19-22,27H,5-18H2,1-4H3/t19-,20+,21-,22+/m1/s1. The summed E-state index contributed by atoms with van der Waals surface area (Å²) in [5.74, 6) is 1.16. The van der Waals surface area contributed by atoms with E-state index in [1.165, 1.54) is 58.4 Å². The van der Waals surface area contributed by atoms with Crippen molar-refractivity contribution in [2.24, 2.45) is 17.3 Å². The van der Waals surface area contributed by atoms with Crippen LogP contribution in [0.4, 0.5) is 0 Å². The monoisotopic (exact) mass is 411 g/mol. The number of unbranched alkanes of at least 4 members (excludes halogenated alkanes) is 5. The third kappa shape index (κ3) is 7.52. The quantitative estimate of drug-likeness (QED) is 0.217. The van der Waals surface area contributed by atoms with E-state index in [9.17, 15) is 10.0 Å². The van der Waals surface area contributed by atoms with Crippen molar-refractivity contribution < 1.29 is 19.5 Å². The van der Waals surface area contributed by atoms with Crippen LogP contribution in [-0.4, -0.2) is 48.6 Å². The molecule has 5 nitrogen and oxygen atoms in total. The number of fused-ring (bicyclic) bond motifs is 2. The minimum absolute atomic E-state index is 0.200. The molecule has 2 rings (SSSR count). The molecule has 0 aromatic heterocycles. The van der Waals surface area contributed by atoms with Crippen LogP contribution in [-0.2, 0) is 14.3 Å². The van der Waals surface area contributed by atoms with E-state index in [1.54, 1.807) is 0 Å². The molecule has 2 aliphatic rings. The maximum Gasteiger partial charge on any atom is 0.251 e. The van der Waals surface area contributed by atoms with Gasteiger partial charge in [0.15, 0.2) is 0 Å². The minimum atomic E-state index is -0.490. The van der Waals surface area contributed by atoms with Crippen molar-refractivity contribution in [1.29, 1.82) is 0 Å². The van der Waals surface area contributed by atoms with Gasteiger partial charge in [-0.05, 0) is 50.4 Å². The van der Waals surface area contributed by atoms with Gasteiger partial charge in [0, 0.05) is 25.7 Å². The lowest BCUT2D eigenvalue weighted by Crippen LogP contribution is -2.36. The van der Waals surface area contributed by atoms with Gasteiger partial charge >= 0.3 is 0 Å². The molecular formula is C24H45NO4. The van der Waals surface area contributed by atoms with Gasteiger partial charge < -0.3 is 9.47 Å². The fraction of sp³-hybridized carbons (Fsp3) is 0.958. The van der Waals surface area contributed by atoms with E-state index >= 15 is 0 Å². The zero-order valence-corrected chi connectivity index (χ0v) is 19.3. The third-order valence-corrected chi connectivity index (χ3v) is 7.04. The molecule has 0 spiro atoms. The first-order valence-corrected chi connectivity index (χ1v) is 12.1. The van der Waals surface area contributed by atoms with Gasteiger partial charge in [-0.15, -0.1) is 0 Å². The molecule has 0 saturated carbocycles. The van der Waals surface area contributed by atoms with Gasteiger partial charge in [-0.3, -0.25) is 10.0 Å². The Bertz CT molecular complexity index is 480. The van der Waals surface area contributed by atoms with Crippen molar-refractivity contribution in [3.8, 4) is 0 Å². The minimum Gasteiger partial charge on any atom is -0.381 e. The Kier molecular flexibility index (Phi) is 10.4. The van der Waals surface area contributed by atoms with Crippen LogP contribution in [0.1, 0.15) is 97.8 Å². The van der Waals surface area contributed by atoms with Gasteiger partial charge in [0.1, 0.15) is 0 Å². The van der Waals surface area contributed by atoms with Gasteiger partial charge in [0.25, 0.3) is 5.91 Å². The molecule has 2 fully saturated rings. The fourth-order valence-corrected chi connectivity index (χ4v) is 5.29. The van der Waals surface area contributed by atoms with Gasteiger partial charge in [0.05, 0.1) is 12.2 Å². The lowest BCUT2D eigenvalue weighted by molar-refractivity contribution is -0.169. The number of ether oxygens (including phenoxy) is 2. The van der Waals surface area contributed by atoms with Crippen LogP contribution in [0, 0.1) is 17.3 Å². The predicted octanol–water partition coefficient (Wildman–Crippen LogP) is 5.59. The summed E-state index contributed by atoms with van der Waals surface area (Å²) < 4.78 is 12.2. The molecule has 2 aliphatic heterocycles. The highest BCUT2D eigenvalue weighted by molar-refractivity contribution is 5.80. The molecule has 0 aromatic carbocycles. The van der Waals surface area contributed by atoms with E-state index in [0.29, 0.717) is 24.0 Å². The number of hydrogen-bond acceptors (Lipinski definition) is 4. The summed E-state index contributed by atoms with van der Waals surface area (Å²) in [6.45, 7) is 7.87. The summed E-state index contributed by atoms with van der Waals surface area (Å²) in [6.07, 6.45) is 15.0. The van der Waals surface area contributed by atoms with E-state index in [4.69, 9.17) is 9.47 Å². The van der Waals surface area contributed by atoms with Crippen LogP contribution in [0.15, 0.2) is 0 Å². The summed E-state index contributed by atoms with van der Waals surface area (Å²) in [6, 6.07) is 0. The SMILES string of the molecule is CCCCCCOCC[C@H]1[C@@H](CCCCCC(C)(C)C(=O)N(C)O)[C@H]2CC[C@@H]1O2. The highest BCUT2D eigenvalue weighted by Crippen LogP contribution is 2.47. The summed E-state index contributed by atoms with van der Waals surface area (Å²) in [5.41, 5.74) is -0.490. The maximum absolute atomic E-state index is 12.0. The van der Waals surface area contributed by atoms with Crippen LogP contribution in [0.25, 0.3) is 0 Å². The second-order valence-corrected chi connectivity index (χ2v) is 9.89. The highest BCUT2D eigenvalue weighted by atomic mass is 16.5. The Hall–Kier alpha value is -0.650. The largest absolute Gasteiger partial charge is 0.381 e. The highest BCUT2D eigenvalue weighted by Gasteiger charge is 2.47. The van der Waals surface area contributed by atoms with Crippen molar-refractivity contribution in [3.63, 3.8) is 0 Å². The summed E-state index contributed by atoms with van der Waals surface area (Å²) in [7, 11) is 1.41. The van der Waals surface area contributed by atoms with Gasteiger partial charge in [0.2, 0.25) is 0 Å². The Morgan fingerprint density at radius 3 is 2.31 bits per heavy atom. The molecule has 5 heteroatoms. The molecule has 4 atom stereocenters. The van der Waals surface area contributed by atoms with Gasteiger partial charge in [-0.2, -0.15) is 0 Å². The van der Waals surface area contributed by atoms with E-state index in [1.807, 2.05) is 13.8 Å². The number of nitrogens with zero attached hydrogens (tertiary/aromatic N) is 1. The molecule has 0 aromatic rings. The van der Waals surface area contributed by atoms with Crippen LogP contribution in [0.3, 0.4) is 0 Å². The molecule has 1 amide bonds. The number of carbonyl (C=O) groups excluding carboxylic acids is 1. The zero-order chi connectivity index (χ0) is 21.3. The van der Waals surface area contributed by atoms with Crippen LogP contribution < -0.4 is 0 Å². The van der Waals surface area contributed by atoms with Crippen molar-refractivity contribution >= 4 is 5.91 Å². The van der Waals surface area contributed by atoms with Crippen molar-refractivity contribution in [2.45, 2.75) is 110 Å². The van der Waals surface area contributed by atoms with E-state index in [0.717, 1.165) is 44.0 Å². The van der Waals surface area contributed by atoms with Crippen molar-refractivity contribution in [2.75, 3.05) is 20.3 Å². The molecule has 0 unspecified atom stereocenters. The Balaban J connectivity index is 1.63. The summed E-state index contributed by atoms with van der Waals surface area (Å²) >= 11 is 0. The Labute approximate surface area is 178 Å². The number of carbonyl (C=O) groups is 1. The van der Waals surface area contributed by atoms with Gasteiger partial charge in [-0.1, -0.05) is 59.3 Å². The van der Waals surface area contributed by atoms with Crippen LogP contribution in [0.2, 0.25) is 0 Å². The molecule has 2 heterocycles. The Morgan fingerprint density at radius 2 is 1.66 bits per heavy atom. The molecule has 0 radical (unpaired) electrons. The topological polar surface area (TPSA) is 59.0 Å². The first kappa shape index (κ1) is 24.6. The lowest BCUT2D eigenvalue weighted by Gasteiger charge is -2.28. The van der Waals surface area contributed by atoms with Crippen molar-refractivity contribution in [1.82, 2.24) is 5.06 Å². The number of hydrogen-bond donors (Lipinski definition) is 1. The molecule has 29 heavy (non-hydrogen) atoms. The Morgan fingerprint density at radius 1 is 1.00 bits per heavy atom. The second kappa shape index (κ2) is 12.3. The van der Waals surface area contributed by atoms with Crippen molar-refractivity contribution in [3.05, 3.63) is 0 Å². The first-order valence-electron chi connectivity index (χ1n) is 12.1. The number of rotatable bonds is 15. The number of hydroxylamine groups is 2. The van der Waals surface area contributed by atoms with Crippen LogP contribution >= 0.6 is 0 Å². The van der Waals surface area contributed by atoms with Gasteiger partial charge in [-0.25, -0.2) is 5.06 Å². The molecule has 2 saturated heterocycles. The zero-order valence-electron chi connectivity index (χ0n) is 19.3. The average Bonchev–Trinajstić information content (AvgIpc) is 3.28.